The van der Waals surface area contributed by atoms with Crippen molar-refractivity contribution in [1.29, 1.82) is 0 Å². The van der Waals surface area contributed by atoms with Crippen molar-refractivity contribution in [3.8, 4) is 0 Å². The van der Waals surface area contributed by atoms with Gasteiger partial charge in [0.05, 0.1) is 0 Å². The first-order valence-electron chi connectivity index (χ1n) is 6.99. The predicted molar refractivity (Wildman–Crippen MR) is 75.6 cm³/mol. The fourth-order valence-corrected chi connectivity index (χ4v) is 1.85. The molecule has 6 heteroatoms. The summed E-state index contributed by atoms with van der Waals surface area (Å²) in [5.41, 5.74) is -0.233. The molecule has 0 saturated carbocycles. The summed E-state index contributed by atoms with van der Waals surface area (Å²) in [7, 11) is 0. The molecule has 0 aliphatic heterocycles. The van der Waals surface area contributed by atoms with E-state index in [9.17, 15) is 9.59 Å². The fraction of sp³-hybridized carbons (Fsp3) is 0.571. The minimum Gasteiger partial charge on any atom is -0.476 e. The minimum atomic E-state index is -1.20. The number of aromatic carboxylic acids is 1. The Morgan fingerprint density at radius 3 is 2.45 bits per heavy atom. The lowest BCUT2D eigenvalue weighted by Gasteiger charge is -2.06. The van der Waals surface area contributed by atoms with Crippen LogP contribution in [0.5, 0.6) is 0 Å². The van der Waals surface area contributed by atoms with Crippen LogP contribution in [0.3, 0.4) is 0 Å². The van der Waals surface area contributed by atoms with Gasteiger partial charge in [-0.05, 0) is 6.42 Å². The number of carbonyl (C=O) groups is 2. The molecule has 0 bridgehead atoms. The van der Waals surface area contributed by atoms with Crippen LogP contribution >= 0.6 is 0 Å². The number of nitrogens with one attached hydrogen (secondary N) is 1. The quantitative estimate of drug-likeness (QED) is 0.678. The zero-order valence-corrected chi connectivity index (χ0v) is 11.8. The molecule has 110 valence electrons. The number of nitrogens with zero attached hydrogens (tertiary/aromatic N) is 2. The van der Waals surface area contributed by atoms with Crippen LogP contribution in [0, 0.1) is 0 Å². The number of hydrogen-bond donors (Lipinski definition) is 2. The van der Waals surface area contributed by atoms with Gasteiger partial charge in [-0.1, -0.05) is 39.0 Å². The molecule has 0 radical (unpaired) electrons. The molecule has 20 heavy (non-hydrogen) atoms. The van der Waals surface area contributed by atoms with E-state index in [1.165, 1.54) is 31.7 Å². The van der Waals surface area contributed by atoms with E-state index in [4.69, 9.17) is 5.11 Å². The Balaban J connectivity index is 2.34. The molecule has 2 N–H and O–H groups in total. The molecule has 0 fully saturated rings. The van der Waals surface area contributed by atoms with Gasteiger partial charge < -0.3 is 10.4 Å². The maximum absolute atomic E-state index is 11.7. The molecule has 0 saturated heterocycles. The number of anilines is 1. The molecule has 1 aromatic heterocycles. The summed E-state index contributed by atoms with van der Waals surface area (Å²) in [5.74, 6) is -1.41. The number of rotatable bonds is 9. The van der Waals surface area contributed by atoms with Crippen molar-refractivity contribution < 1.29 is 14.7 Å². The van der Waals surface area contributed by atoms with Gasteiger partial charge in [-0.15, -0.1) is 0 Å². The second-order valence-electron chi connectivity index (χ2n) is 4.62. The second-order valence-corrected chi connectivity index (χ2v) is 4.62. The second kappa shape index (κ2) is 9.01. The molecule has 0 aliphatic carbocycles. The number of hydrogen-bond acceptors (Lipinski definition) is 4. The highest BCUT2D eigenvalue weighted by Gasteiger charge is 2.14. The predicted octanol–water partition coefficient (Wildman–Crippen LogP) is 2.86. The normalized spacial score (nSPS) is 10.2. The van der Waals surface area contributed by atoms with Gasteiger partial charge in [0.25, 0.3) is 0 Å². The Morgan fingerprint density at radius 2 is 1.75 bits per heavy atom. The lowest BCUT2D eigenvalue weighted by Crippen LogP contribution is -2.16. The van der Waals surface area contributed by atoms with Gasteiger partial charge in [0.1, 0.15) is 0 Å². The standard InChI is InChI=1S/C14H21N3O3/c1-2-3-4-5-6-7-8-11(18)17-13-12(14(19)20)15-9-10-16-13/h9-10H,2-8H2,1H3,(H,19,20)(H,16,17,18). The van der Waals surface area contributed by atoms with Gasteiger partial charge in [-0.3, -0.25) is 4.79 Å². The van der Waals surface area contributed by atoms with E-state index in [0.717, 1.165) is 19.3 Å². The van der Waals surface area contributed by atoms with E-state index in [1.54, 1.807) is 0 Å². The number of unbranched alkanes of at least 4 members (excludes halogenated alkanes) is 5. The number of amides is 1. The Kier molecular flexibility index (Phi) is 7.24. The Hall–Kier alpha value is -1.98. The molecule has 0 atom stereocenters. The molecule has 0 aromatic carbocycles. The monoisotopic (exact) mass is 279 g/mol. The van der Waals surface area contributed by atoms with E-state index < -0.39 is 5.97 Å². The van der Waals surface area contributed by atoms with Crippen molar-refractivity contribution in [2.24, 2.45) is 0 Å². The number of carbonyl (C=O) groups excluding carboxylic acids is 1. The Morgan fingerprint density at radius 1 is 1.10 bits per heavy atom. The third-order valence-corrected chi connectivity index (χ3v) is 2.92. The van der Waals surface area contributed by atoms with Crippen molar-refractivity contribution >= 4 is 17.7 Å². The van der Waals surface area contributed by atoms with Crippen LogP contribution in [0.1, 0.15) is 62.4 Å². The molecule has 6 nitrogen and oxygen atoms in total. The van der Waals surface area contributed by atoms with Crippen molar-refractivity contribution in [3.05, 3.63) is 18.1 Å². The van der Waals surface area contributed by atoms with Crippen LogP contribution in [0.4, 0.5) is 5.82 Å². The van der Waals surface area contributed by atoms with Crippen LogP contribution in [-0.2, 0) is 4.79 Å². The summed E-state index contributed by atoms with van der Waals surface area (Å²) in [6.45, 7) is 2.16. The topological polar surface area (TPSA) is 92.2 Å². The molecule has 1 heterocycles. The van der Waals surface area contributed by atoms with Gasteiger partial charge in [-0.25, -0.2) is 14.8 Å². The van der Waals surface area contributed by atoms with Crippen LogP contribution in [0.2, 0.25) is 0 Å². The summed E-state index contributed by atoms with van der Waals surface area (Å²) >= 11 is 0. The Labute approximate surface area is 118 Å². The van der Waals surface area contributed by atoms with E-state index in [1.807, 2.05) is 0 Å². The summed E-state index contributed by atoms with van der Waals surface area (Å²) in [6.07, 6.45) is 9.59. The average Bonchev–Trinajstić information content (AvgIpc) is 2.43. The summed E-state index contributed by atoms with van der Waals surface area (Å²) in [6, 6.07) is 0. The lowest BCUT2D eigenvalue weighted by atomic mass is 10.1. The van der Waals surface area contributed by atoms with Crippen molar-refractivity contribution in [3.63, 3.8) is 0 Å². The van der Waals surface area contributed by atoms with Crippen molar-refractivity contribution in [2.45, 2.75) is 51.9 Å². The van der Waals surface area contributed by atoms with E-state index in [2.05, 4.69) is 22.2 Å². The van der Waals surface area contributed by atoms with Crippen molar-refractivity contribution in [1.82, 2.24) is 9.97 Å². The molecular formula is C14H21N3O3. The van der Waals surface area contributed by atoms with Crippen LogP contribution < -0.4 is 5.32 Å². The minimum absolute atomic E-state index is 0.0102. The van der Waals surface area contributed by atoms with E-state index >= 15 is 0 Å². The molecule has 1 amide bonds. The SMILES string of the molecule is CCCCCCCCC(=O)Nc1nccnc1C(=O)O. The molecule has 0 unspecified atom stereocenters. The summed E-state index contributed by atoms with van der Waals surface area (Å²) in [4.78, 5) is 30.1. The summed E-state index contributed by atoms with van der Waals surface area (Å²) in [5, 5.41) is 11.4. The third-order valence-electron chi connectivity index (χ3n) is 2.92. The van der Waals surface area contributed by atoms with Crippen LogP contribution in [0.15, 0.2) is 12.4 Å². The first-order chi connectivity index (χ1) is 9.65. The molecule has 0 aliphatic rings. The number of carboxylic acids is 1. The van der Waals surface area contributed by atoms with Gasteiger partial charge in [0.15, 0.2) is 11.5 Å². The smallest absolute Gasteiger partial charge is 0.358 e. The average molecular weight is 279 g/mol. The van der Waals surface area contributed by atoms with Crippen LogP contribution in [0.25, 0.3) is 0 Å². The maximum atomic E-state index is 11.7. The van der Waals surface area contributed by atoms with Gasteiger partial charge in [0.2, 0.25) is 5.91 Å². The number of carboxylic acid groups (broad SMARTS) is 1. The van der Waals surface area contributed by atoms with Gasteiger partial charge in [-0.2, -0.15) is 0 Å². The first-order valence-corrected chi connectivity index (χ1v) is 6.99. The number of aromatic nitrogens is 2. The maximum Gasteiger partial charge on any atom is 0.358 e. The highest BCUT2D eigenvalue weighted by atomic mass is 16.4. The fourth-order valence-electron chi connectivity index (χ4n) is 1.85. The molecule has 0 spiro atoms. The Bertz CT molecular complexity index is 449. The van der Waals surface area contributed by atoms with Gasteiger partial charge >= 0.3 is 5.97 Å². The zero-order chi connectivity index (χ0) is 14.8. The molecule has 1 aromatic rings. The highest BCUT2D eigenvalue weighted by molar-refractivity contribution is 5.97. The van der Waals surface area contributed by atoms with Crippen molar-refractivity contribution in [2.75, 3.05) is 5.32 Å². The first kappa shape index (κ1) is 16.1. The third kappa shape index (κ3) is 5.77. The molecule has 1 rings (SSSR count). The van der Waals surface area contributed by atoms with Crippen LogP contribution in [-0.4, -0.2) is 27.0 Å². The largest absolute Gasteiger partial charge is 0.476 e. The lowest BCUT2D eigenvalue weighted by molar-refractivity contribution is -0.116. The van der Waals surface area contributed by atoms with E-state index in [0.29, 0.717) is 6.42 Å². The van der Waals surface area contributed by atoms with E-state index in [-0.39, 0.29) is 17.4 Å². The highest BCUT2D eigenvalue weighted by Crippen LogP contribution is 2.11. The van der Waals surface area contributed by atoms with Gasteiger partial charge in [0, 0.05) is 18.8 Å². The zero-order valence-electron chi connectivity index (χ0n) is 11.8. The molecular weight excluding hydrogens is 258 g/mol. The summed E-state index contributed by atoms with van der Waals surface area (Å²) < 4.78 is 0.